The molecule has 0 aromatic heterocycles. The van der Waals surface area contributed by atoms with Gasteiger partial charge in [-0.05, 0) is 25.7 Å². The fourth-order valence-electron chi connectivity index (χ4n) is 1.74. The lowest BCUT2D eigenvalue weighted by molar-refractivity contribution is -0.124. The monoisotopic (exact) mass is 275 g/mol. The summed E-state index contributed by atoms with van der Waals surface area (Å²) in [4.78, 5) is 11.4. The smallest absolute Gasteiger partial charge is 0.220 e. The lowest BCUT2D eigenvalue weighted by Gasteiger charge is -2.34. The van der Waals surface area contributed by atoms with Crippen LogP contribution in [0, 0.1) is 5.92 Å². The van der Waals surface area contributed by atoms with Crippen molar-refractivity contribution >= 4 is 21.8 Å². The van der Waals surface area contributed by atoms with Crippen LogP contribution in [0.2, 0.25) is 0 Å². The molecule has 86 valence electrons. The summed E-state index contributed by atoms with van der Waals surface area (Å²) in [5, 5.41) is 2.80. The lowest BCUT2D eigenvalue weighted by Crippen LogP contribution is -2.36. The van der Waals surface area contributed by atoms with Crippen molar-refractivity contribution in [2.45, 2.75) is 32.3 Å². The third-order valence-corrected chi connectivity index (χ3v) is 2.83. The molecule has 1 rings (SSSR count). The average Bonchev–Trinajstić information content (AvgIpc) is 2.11. The van der Waals surface area contributed by atoms with Crippen LogP contribution in [0.1, 0.15) is 26.2 Å². The summed E-state index contributed by atoms with van der Waals surface area (Å²) in [6.45, 7) is 6.95. The minimum absolute atomic E-state index is 0.107. The zero-order chi connectivity index (χ0) is 11.3. The summed E-state index contributed by atoms with van der Waals surface area (Å²) in [6, 6.07) is 0. The molecular weight excluding hydrogens is 258 g/mol. The van der Waals surface area contributed by atoms with Crippen molar-refractivity contribution in [1.29, 1.82) is 0 Å². The molecule has 0 heterocycles. The number of rotatable bonds is 6. The number of halogens is 1. The highest BCUT2D eigenvalue weighted by molar-refractivity contribution is 9.11. The molecule has 0 atom stereocenters. The van der Waals surface area contributed by atoms with E-state index in [-0.39, 0.29) is 5.91 Å². The Labute approximate surface area is 99.4 Å². The van der Waals surface area contributed by atoms with Crippen LogP contribution in [-0.4, -0.2) is 25.2 Å². The van der Waals surface area contributed by atoms with E-state index >= 15 is 0 Å². The Balaban J connectivity index is 2.06. The summed E-state index contributed by atoms with van der Waals surface area (Å²) in [5.74, 6) is 0.612. The van der Waals surface area contributed by atoms with Crippen molar-refractivity contribution in [2.24, 2.45) is 5.92 Å². The first-order chi connectivity index (χ1) is 7.11. The van der Waals surface area contributed by atoms with Gasteiger partial charge in [0, 0.05) is 24.1 Å². The molecule has 1 N–H and O–H groups in total. The molecule has 0 radical (unpaired) electrons. The number of hydrogen-bond donors (Lipinski definition) is 1. The van der Waals surface area contributed by atoms with Gasteiger partial charge in [0.25, 0.3) is 0 Å². The van der Waals surface area contributed by atoms with E-state index in [1.54, 1.807) is 0 Å². The molecule has 1 saturated carbocycles. The van der Waals surface area contributed by atoms with Gasteiger partial charge >= 0.3 is 0 Å². The van der Waals surface area contributed by atoms with Crippen molar-refractivity contribution in [1.82, 2.24) is 5.32 Å². The van der Waals surface area contributed by atoms with Gasteiger partial charge in [-0.2, -0.15) is 0 Å². The second-order valence-corrected chi connectivity index (χ2v) is 5.03. The molecule has 0 spiro atoms. The van der Waals surface area contributed by atoms with Gasteiger partial charge in [-0.25, -0.2) is 0 Å². The quantitative estimate of drug-likeness (QED) is 0.807. The zero-order valence-electron chi connectivity index (χ0n) is 9.09. The van der Waals surface area contributed by atoms with Gasteiger partial charge in [-0.15, -0.1) is 0 Å². The van der Waals surface area contributed by atoms with E-state index in [0.29, 0.717) is 25.0 Å². The summed E-state index contributed by atoms with van der Waals surface area (Å²) in [5.41, 5.74) is 0. The molecule has 1 aliphatic carbocycles. The molecule has 4 heteroatoms. The first-order valence-corrected chi connectivity index (χ1v) is 6.12. The molecule has 3 nitrogen and oxygen atoms in total. The number of ether oxygens (including phenoxy) is 1. The van der Waals surface area contributed by atoms with E-state index in [2.05, 4.69) is 27.8 Å². The molecule has 0 bridgehead atoms. The number of amides is 1. The van der Waals surface area contributed by atoms with Gasteiger partial charge in [0.05, 0.1) is 6.10 Å². The SMILES string of the molecule is C=C(Br)CNC(=O)CC1CC(OCC)C1. The maximum absolute atomic E-state index is 11.4. The maximum atomic E-state index is 11.4. The highest BCUT2D eigenvalue weighted by Gasteiger charge is 2.30. The van der Waals surface area contributed by atoms with Crippen LogP contribution >= 0.6 is 15.9 Å². The molecule has 0 aromatic carbocycles. The van der Waals surface area contributed by atoms with Gasteiger partial charge in [-0.3, -0.25) is 4.79 Å². The van der Waals surface area contributed by atoms with Gasteiger partial charge in [0.1, 0.15) is 0 Å². The van der Waals surface area contributed by atoms with Crippen LogP contribution in [0.4, 0.5) is 0 Å². The molecule has 0 unspecified atom stereocenters. The van der Waals surface area contributed by atoms with Crippen LogP contribution in [0.5, 0.6) is 0 Å². The Morgan fingerprint density at radius 2 is 2.27 bits per heavy atom. The molecule has 1 fully saturated rings. The van der Waals surface area contributed by atoms with Crippen LogP contribution < -0.4 is 5.32 Å². The van der Waals surface area contributed by atoms with Crippen LogP contribution in [0.3, 0.4) is 0 Å². The Morgan fingerprint density at radius 1 is 1.60 bits per heavy atom. The first kappa shape index (κ1) is 12.7. The van der Waals surface area contributed by atoms with E-state index < -0.39 is 0 Å². The number of nitrogens with one attached hydrogen (secondary N) is 1. The first-order valence-electron chi connectivity index (χ1n) is 5.33. The Bertz CT molecular complexity index is 237. The van der Waals surface area contributed by atoms with Gasteiger partial charge in [0.2, 0.25) is 5.91 Å². The van der Waals surface area contributed by atoms with Gasteiger partial charge < -0.3 is 10.1 Å². The summed E-state index contributed by atoms with van der Waals surface area (Å²) < 4.78 is 6.24. The van der Waals surface area contributed by atoms with E-state index in [9.17, 15) is 4.79 Å². The molecule has 0 aromatic rings. The minimum Gasteiger partial charge on any atom is -0.378 e. The van der Waals surface area contributed by atoms with Crippen LogP contribution in [0.15, 0.2) is 11.1 Å². The fraction of sp³-hybridized carbons (Fsp3) is 0.727. The highest BCUT2D eigenvalue weighted by Crippen LogP contribution is 2.32. The molecular formula is C11H18BrNO2. The van der Waals surface area contributed by atoms with E-state index in [1.165, 1.54) is 0 Å². The second-order valence-electron chi connectivity index (χ2n) is 3.91. The Kier molecular flexibility index (Phi) is 5.32. The zero-order valence-corrected chi connectivity index (χ0v) is 10.7. The number of carbonyl (C=O) groups excluding carboxylic acids is 1. The van der Waals surface area contributed by atoms with Crippen molar-refractivity contribution < 1.29 is 9.53 Å². The summed E-state index contributed by atoms with van der Waals surface area (Å²) >= 11 is 3.20. The van der Waals surface area contributed by atoms with Crippen molar-refractivity contribution in [3.8, 4) is 0 Å². The normalized spacial score (nSPS) is 24.4. The number of hydrogen-bond acceptors (Lipinski definition) is 2. The molecule has 1 amide bonds. The molecule has 0 aliphatic heterocycles. The molecule has 1 aliphatic rings. The van der Waals surface area contributed by atoms with Crippen molar-refractivity contribution in [3.05, 3.63) is 11.1 Å². The summed E-state index contributed by atoms with van der Waals surface area (Å²) in [6.07, 6.45) is 3.05. The van der Waals surface area contributed by atoms with Gasteiger partial charge in [0.15, 0.2) is 0 Å². The predicted octanol–water partition coefficient (Wildman–Crippen LogP) is 2.22. The molecule has 15 heavy (non-hydrogen) atoms. The molecule has 0 saturated heterocycles. The third kappa shape index (κ3) is 4.80. The highest BCUT2D eigenvalue weighted by atomic mass is 79.9. The lowest BCUT2D eigenvalue weighted by atomic mass is 9.80. The third-order valence-electron chi connectivity index (χ3n) is 2.55. The Hall–Kier alpha value is -0.350. The van der Waals surface area contributed by atoms with E-state index in [1.807, 2.05) is 6.92 Å². The van der Waals surface area contributed by atoms with Crippen molar-refractivity contribution in [2.75, 3.05) is 13.2 Å². The largest absolute Gasteiger partial charge is 0.378 e. The average molecular weight is 276 g/mol. The second kappa shape index (κ2) is 6.28. The topological polar surface area (TPSA) is 38.3 Å². The van der Waals surface area contributed by atoms with Gasteiger partial charge in [-0.1, -0.05) is 22.5 Å². The van der Waals surface area contributed by atoms with E-state index in [0.717, 1.165) is 23.9 Å². The predicted molar refractivity (Wildman–Crippen MR) is 63.8 cm³/mol. The number of carbonyl (C=O) groups is 1. The fourth-order valence-corrected chi connectivity index (χ4v) is 1.88. The Morgan fingerprint density at radius 3 is 2.80 bits per heavy atom. The van der Waals surface area contributed by atoms with E-state index in [4.69, 9.17) is 4.74 Å². The van der Waals surface area contributed by atoms with Crippen LogP contribution in [0.25, 0.3) is 0 Å². The minimum atomic E-state index is 0.107. The van der Waals surface area contributed by atoms with Crippen molar-refractivity contribution in [3.63, 3.8) is 0 Å². The maximum Gasteiger partial charge on any atom is 0.220 e. The summed E-state index contributed by atoms with van der Waals surface area (Å²) in [7, 11) is 0. The van der Waals surface area contributed by atoms with Crippen LogP contribution in [-0.2, 0) is 9.53 Å². The standard InChI is InChI=1S/C11H18BrNO2/c1-3-15-10-4-9(5-10)6-11(14)13-7-8(2)12/h9-10H,2-7H2,1H3,(H,13,14).